The lowest BCUT2D eigenvalue weighted by Gasteiger charge is -2.18. The van der Waals surface area contributed by atoms with E-state index in [1.165, 1.54) is 5.56 Å². The number of benzene rings is 1. The van der Waals surface area contributed by atoms with Gasteiger partial charge in [-0.1, -0.05) is 19.1 Å². The van der Waals surface area contributed by atoms with Gasteiger partial charge in [-0.15, -0.1) is 0 Å². The summed E-state index contributed by atoms with van der Waals surface area (Å²) in [6.45, 7) is 2.16. The molecule has 1 aromatic carbocycles. The highest BCUT2D eigenvalue weighted by atomic mass is 15.2. The van der Waals surface area contributed by atoms with Crippen LogP contribution in [0.3, 0.4) is 0 Å². The van der Waals surface area contributed by atoms with Gasteiger partial charge >= 0.3 is 0 Å². The fourth-order valence-corrected chi connectivity index (χ4v) is 1.74. The second-order valence-corrected chi connectivity index (χ2v) is 4.07. The molecule has 2 aromatic rings. The molecule has 2 rings (SSSR count). The zero-order valence-corrected chi connectivity index (χ0v) is 11.0. The van der Waals surface area contributed by atoms with Crippen LogP contribution in [0.2, 0.25) is 0 Å². The first-order valence-corrected chi connectivity index (χ1v) is 6.08. The van der Waals surface area contributed by atoms with Crippen LogP contribution in [0, 0.1) is 0 Å². The van der Waals surface area contributed by atoms with E-state index < -0.39 is 0 Å². The highest BCUT2D eigenvalue weighted by Crippen LogP contribution is 2.22. The molecular formula is C14H18N4. The largest absolute Gasteiger partial charge is 0.357 e. The standard InChI is InChI=1S/C14H18N4/c1-4-11-5-7-12(8-6-11)18(3)13-9-10-16-14(15-2)17-13/h5-10H,4H2,1-3H3,(H,15,16,17). The Bertz CT molecular complexity index is 507. The summed E-state index contributed by atoms with van der Waals surface area (Å²) < 4.78 is 0. The van der Waals surface area contributed by atoms with Gasteiger partial charge in [-0.3, -0.25) is 0 Å². The first-order chi connectivity index (χ1) is 8.74. The van der Waals surface area contributed by atoms with E-state index in [1.54, 1.807) is 6.20 Å². The van der Waals surface area contributed by atoms with Crippen LogP contribution in [0.4, 0.5) is 17.5 Å². The number of aromatic nitrogens is 2. The predicted molar refractivity (Wildman–Crippen MR) is 75.5 cm³/mol. The molecule has 0 radical (unpaired) electrons. The molecule has 0 bridgehead atoms. The summed E-state index contributed by atoms with van der Waals surface area (Å²) in [7, 11) is 3.82. The molecule has 0 spiro atoms. The van der Waals surface area contributed by atoms with E-state index in [1.807, 2.05) is 25.1 Å². The Balaban J connectivity index is 2.25. The van der Waals surface area contributed by atoms with Crippen LogP contribution in [-0.4, -0.2) is 24.1 Å². The molecule has 4 nitrogen and oxygen atoms in total. The maximum absolute atomic E-state index is 4.41. The molecule has 0 amide bonds. The summed E-state index contributed by atoms with van der Waals surface area (Å²) in [6.07, 6.45) is 2.81. The molecule has 0 unspecified atom stereocenters. The summed E-state index contributed by atoms with van der Waals surface area (Å²) in [4.78, 5) is 10.6. The maximum atomic E-state index is 4.41. The van der Waals surface area contributed by atoms with E-state index >= 15 is 0 Å². The zero-order chi connectivity index (χ0) is 13.0. The van der Waals surface area contributed by atoms with Gasteiger partial charge in [0.2, 0.25) is 5.95 Å². The quantitative estimate of drug-likeness (QED) is 0.895. The predicted octanol–water partition coefficient (Wildman–Crippen LogP) is 2.85. The zero-order valence-electron chi connectivity index (χ0n) is 11.0. The number of nitrogens with zero attached hydrogens (tertiary/aromatic N) is 3. The second-order valence-electron chi connectivity index (χ2n) is 4.07. The van der Waals surface area contributed by atoms with Crippen molar-refractivity contribution >= 4 is 17.5 Å². The van der Waals surface area contributed by atoms with E-state index in [-0.39, 0.29) is 0 Å². The normalized spacial score (nSPS) is 10.2. The molecule has 0 atom stereocenters. The first kappa shape index (κ1) is 12.4. The first-order valence-electron chi connectivity index (χ1n) is 6.08. The summed E-state index contributed by atoms with van der Waals surface area (Å²) in [5.41, 5.74) is 2.46. The minimum absolute atomic E-state index is 0.629. The number of hydrogen-bond donors (Lipinski definition) is 1. The number of nitrogens with one attached hydrogen (secondary N) is 1. The van der Waals surface area contributed by atoms with Gasteiger partial charge in [0, 0.05) is 26.0 Å². The molecule has 0 aliphatic carbocycles. The molecule has 1 heterocycles. The van der Waals surface area contributed by atoms with Crippen molar-refractivity contribution in [3.05, 3.63) is 42.1 Å². The Kier molecular flexibility index (Phi) is 3.77. The maximum Gasteiger partial charge on any atom is 0.224 e. The average molecular weight is 242 g/mol. The average Bonchev–Trinajstić information content (AvgIpc) is 2.46. The number of rotatable bonds is 4. The molecule has 0 saturated heterocycles. The number of hydrogen-bond acceptors (Lipinski definition) is 4. The SMILES string of the molecule is CCc1ccc(N(C)c2ccnc(NC)n2)cc1. The third-order valence-electron chi connectivity index (χ3n) is 2.94. The van der Waals surface area contributed by atoms with Gasteiger partial charge in [0.05, 0.1) is 0 Å². The molecule has 0 aliphatic heterocycles. The van der Waals surface area contributed by atoms with Gasteiger partial charge in [0.15, 0.2) is 0 Å². The van der Waals surface area contributed by atoms with Gasteiger partial charge in [-0.2, -0.15) is 4.98 Å². The van der Waals surface area contributed by atoms with Crippen molar-refractivity contribution < 1.29 is 0 Å². The molecule has 94 valence electrons. The van der Waals surface area contributed by atoms with Crippen molar-refractivity contribution in [3.8, 4) is 0 Å². The molecule has 18 heavy (non-hydrogen) atoms. The van der Waals surface area contributed by atoms with E-state index in [0.29, 0.717) is 5.95 Å². The van der Waals surface area contributed by atoms with Gasteiger partial charge in [-0.25, -0.2) is 4.98 Å². The summed E-state index contributed by atoms with van der Waals surface area (Å²) in [6, 6.07) is 10.4. The topological polar surface area (TPSA) is 41.1 Å². The smallest absolute Gasteiger partial charge is 0.224 e. The summed E-state index contributed by atoms with van der Waals surface area (Å²) in [5, 5.41) is 2.94. The van der Waals surface area contributed by atoms with Crippen molar-refractivity contribution in [3.63, 3.8) is 0 Å². The molecular weight excluding hydrogens is 224 g/mol. The Morgan fingerprint density at radius 2 is 1.89 bits per heavy atom. The lowest BCUT2D eigenvalue weighted by Crippen LogP contribution is -2.12. The van der Waals surface area contributed by atoms with Crippen molar-refractivity contribution in [2.45, 2.75) is 13.3 Å². The van der Waals surface area contributed by atoms with E-state index in [9.17, 15) is 0 Å². The second kappa shape index (κ2) is 5.49. The van der Waals surface area contributed by atoms with Crippen LogP contribution in [0.25, 0.3) is 0 Å². The molecule has 4 heteroatoms. The highest BCUT2D eigenvalue weighted by molar-refractivity contribution is 5.60. The fourth-order valence-electron chi connectivity index (χ4n) is 1.74. The third kappa shape index (κ3) is 2.59. The molecule has 1 aromatic heterocycles. The Morgan fingerprint density at radius 3 is 2.50 bits per heavy atom. The van der Waals surface area contributed by atoms with Crippen molar-refractivity contribution in [1.82, 2.24) is 9.97 Å². The summed E-state index contributed by atoms with van der Waals surface area (Å²) in [5.74, 6) is 1.50. The summed E-state index contributed by atoms with van der Waals surface area (Å²) >= 11 is 0. The minimum Gasteiger partial charge on any atom is -0.357 e. The van der Waals surface area contributed by atoms with E-state index in [0.717, 1.165) is 17.9 Å². The lowest BCUT2D eigenvalue weighted by atomic mass is 10.1. The third-order valence-corrected chi connectivity index (χ3v) is 2.94. The molecule has 1 N–H and O–H groups in total. The number of aryl methyl sites for hydroxylation is 1. The Labute approximate surface area is 108 Å². The van der Waals surface area contributed by atoms with Gasteiger partial charge in [-0.05, 0) is 30.2 Å². The molecule has 0 fully saturated rings. The fraction of sp³-hybridized carbons (Fsp3) is 0.286. The Hall–Kier alpha value is -2.10. The highest BCUT2D eigenvalue weighted by Gasteiger charge is 2.06. The number of anilines is 3. The van der Waals surface area contributed by atoms with Crippen LogP contribution in [0.1, 0.15) is 12.5 Å². The lowest BCUT2D eigenvalue weighted by molar-refractivity contribution is 1.07. The van der Waals surface area contributed by atoms with Gasteiger partial charge in [0.1, 0.15) is 5.82 Å². The van der Waals surface area contributed by atoms with Gasteiger partial charge in [0.25, 0.3) is 0 Å². The van der Waals surface area contributed by atoms with E-state index in [4.69, 9.17) is 0 Å². The van der Waals surface area contributed by atoms with Gasteiger partial charge < -0.3 is 10.2 Å². The molecule has 0 saturated carbocycles. The van der Waals surface area contributed by atoms with Crippen LogP contribution in [0.15, 0.2) is 36.5 Å². The van der Waals surface area contributed by atoms with Crippen LogP contribution < -0.4 is 10.2 Å². The van der Waals surface area contributed by atoms with Crippen molar-refractivity contribution in [2.75, 3.05) is 24.3 Å². The minimum atomic E-state index is 0.629. The van der Waals surface area contributed by atoms with Crippen molar-refractivity contribution in [1.29, 1.82) is 0 Å². The monoisotopic (exact) mass is 242 g/mol. The van der Waals surface area contributed by atoms with Crippen LogP contribution >= 0.6 is 0 Å². The van der Waals surface area contributed by atoms with Crippen LogP contribution in [-0.2, 0) is 6.42 Å². The molecule has 0 aliphatic rings. The van der Waals surface area contributed by atoms with Crippen LogP contribution in [0.5, 0.6) is 0 Å². The van der Waals surface area contributed by atoms with E-state index in [2.05, 4.69) is 46.5 Å². The van der Waals surface area contributed by atoms with Crippen molar-refractivity contribution in [2.24, 2.45) is 0 Å². The Morgan fingerprint density at radius 1 is 1.17 bits per heavy atom.